The fourth-order valence-electron chi connectivity index (χ4n) is 0.904. The van der Waals surface area contributed by atoms with Gasteiger partial charge < -0.3 is 0 Å². The second kappa shape index (κ2) is 2.46. The van der Waals surface area contributed by atoms with E-state index in [2.05, 4.69) is 17.6 Å². The summed E-state index contributed by atoms with van der Waals surface area (Å²) in [6.45, 7) is 0. The Bertz CT molecular complexity index is 396. The molecule has 0 spiro atoms. The first kappa shape index (κ1) is 7.06. The van der Waals surface area contributed by atoms with E-state index in [-0.39, 0.29) is 5.82 Å². The summed E-state index contributed by atoms with van der Waals surface area (Å²) in [5.74, 6) is -0.222. The summed E-state index contributed by atoms with van der Waals surface area (Å²) in [4.78, 5) is 4.02. The van der Waals surface area contributed by atoms with Crippen molar-refractivity contribution in [1.82, 2.24) is 4.98 Å². The van der Waals surface area contributed by atoms with Gasteiger partial charge in [-0.05, 0) is 12.1 Å². The second-order valence-corrected chi connectivity index (χ2v) is 3.81. The highest BCUT2D eigenvalue weighted by Crippen LogP contribution is 2.26. The van der Waals surface area contributed by atoms with E-state index in [1.165, 1.54) is 17.4 Å². The van der Waals surface area contributed by atoms with Crippen LogP contribution in [0, 0.1) is 5.82 Å². The lowest BCUT2D eigenvalue weighted by Gasteiger charge is -1.86. The maximum atomic E-state index is 12.9. The fraction of sp³-hybridized carbons (Fsp3) is 0. The predicted octanol–water partition coefficient (Wildman–Crippen LogP) is 2.72. The van der Waals surface area contributed by atoms with E-state index in [1.54, 1.807) is 12.1 Å². The Morgan fingerprint density at radius 1 is 1.45 bits per heavy atom. The van der Waals surface area contributed by atoms with Gasteiger partial charge in [0.2, 0.25) is 0 Å². The van der Waals surface area contributed by atoms with Crippen LogP contribution >= 0.6 is 24.0 Å². The first-order chi connectivity index (χ1) is 5.27. The topological polar surface area (TPSA) is 12.9 Å². The van der Waals surface area contributed by atoms with E-state index in [0.29, 0.717) is 14.6 Å². The van der Waals surface area contributed by atoms with Crippen LogP contribution in [0.4, 0.5) is 4.39 Å². The third-order valence-corrected chi connectivity index (χ3v) is 2.61. The van der Waals surface area contributed by atoms with Crippen LogP contribution in [0.15, 0.2) is 22.5 Å². The van der Waals surface area contributed by atoms with Gasteiger partial charge in [-0.1, -0.05) is 6.07 Å². The van der Waals surface area contributed by atoms with E-state index >= 15 is 0 Å². The summed E-state index contributed by atoms with van der Waals surface area (Å²) in [5.41, 5.74) is 0.681. The van der Waals surface area contributed by atoms with Crippen LogP contribution in [0.25, 0.3) is 10.2 Å². The minimum absolute atomic E-state index is 0.222. The molecule has 1 aromatic heterocycles. The first-order valence-corrected chi connectivity index (χ1v) is 4.28. The molecule has 0 fully saturated rings. The second-order valence-electron chi connectivity index (χ2n) is 2.08. The Kier molecular flexibility index (Phi) is 1.58. The zero-order chi connectivity index (χ0) is 7.84. The third-order valence-electron chi connectivity index (χ3n) is 1.36. The minimum atomic E-state index is -0.222. The van der Waals surface area contributed by atoms with Crippen LogP contribution < -0.4 is 0 Å². The van der Waals surface area contributed by atoms with Crippen molar-refractivity contribution in [2.75, 3.05) is 0 Å². The molecule has 0 bridgehead atoms. The molecule has 0 saturated carbocycles. The molecule has 0 radical (unpaired) electrons. The fourth-order valence-corrected chi connectivity index (χ4v) is 2.00. The van der Waals surface area contributed by atoms with E-state index in [0.717, 1.165) is 0 Å². The van der Waals surface area contributed by atoms with Crippen molar-refractivity contribution >= 4 is 34.2 Å². The van der Waals surface area contributed by atoms with Crippen molar-refractivity contribution in [3.63, 3.8) is 0 Å². The maximum Gasteiger partial charge on any atom is 0.148 e. The molecule has 1 aromatic carbocycles. The number of thiol groups is 1. The van der Waals surface area contributed by atoms with Gasteiger partial charge in [0.15, 0.2) is 0 Å². The molecule has 1 heterocycles. The molecular weight excluding hydrogens is 181 g/mol. The highest BCUT2D eigenvalue weighted by atomic mass is 32.2. The number of nitrogens with zero attached hydrogens (tertiary/aromatic N) is 1. The van der Waals surface area contributed by atoms with Crippen molar-refractivity contribution in [3.05, 3.63) is 24.0 Å². The number of thiazole rings is 1. The summed E-state index contributed by atoms with van der Waals surface area (Å²) in [6.07, 6.45) is 0. The van der Waals surface area contributed by atoms with Crippen LogP contribution in [0.2, 0.25) is 0 Å². The molecule has 0 amide bonds. The van der Waals surface area contributed by atoms with E-state index in [1.807, 2.05) is 0 Å². The van der Waals surface area contributed by atoms with Gasteiger partial charge in [-0.25, -0.2) is 9.37 Å². The van der Waals surface area contributed by atoms with Gasteiger partial charge in [-0.15, -0.1) is 24.0 Å². The van der Waals surface area contributed by atoms with Gasteiger partial charge in [0.25, 0.3) is 0 Å². The largest absolute Gasteiger partial charge is 0.230 e. The van der Waals surface area contributed by atoms with Crippen molar-refractivity contribution in [2.45, 2.75) is 4.34 Å². The van der Waals surface area contributed by atoms with Gasteiger partial charge in [0, 0.05) is 0 Å². The smallest absolute Gasteiger partial charge is 0.148 e. The summed E-state index contributed by atoms with van der Waals surface area (Å²) in [5, 5.41) is 0. The molecule has 0 atom stereocenters. The summed E-state index contributed by atoms with van der Waals surface area (Å²) in [7, 11) is 0. The highest BCUT2D eigenvalue weighted by Gasteiger charge is 2.03. The normalized spacial score (nSPS) is 10.7. The average molecular weight is 185 g/mol. The molecule has 0 aliphatic heterocycles. The molecule has 2 rings (SSSR count). The van der Waals surface area contributed by atoms with Crippen LogP contribution in [0.3, 0.4) is 0 Å². The van der Waals surface area contributed by atoms with Gasteiger partial charge in [0.1, 0.15) is 10.2 Å². The van der Waals surface area contributed by atoms with Crippen LogP contribution in [-0.4, -0.2) is 4.98 Å². The number of hydrogen-bond acceptors (Lipinski definition) is 3. The molecule has 0 saturated heterocycles. The Morgan fingerprint density at radius 2 is 2.27 bits per heavy atom. The van der Waals surface area contributed by atoms with Gasteiger partial charge in [0.05, 0.1) is 10.2 Å². The molecule has 0 aliphatic carbocycles. The van der Waals surface area contributed by atoms with Crippen molar-refractivity contribution in [1.29, 1.82) is 0 Å². The Hall–Kier alpha value is -0.610. The number of halogens is 1. The zero-order valence-corrected chi connectivity index (χ0v) is 7.12. The molecule has 4 heteroatoms. The average Bonchev–Trinajstić information content (AvgIpc) is 2.31. The lowest BCUT2D eigenvalue weighted by atomic mass is 10.3. The van der Waals surface area contributed by atoms with E-state index in [9.17, 15) is 4.39 Å². The lowest BCUT2D eigenvalue weighted by Crippen LogP contribution is -1.71. The molecular formula is C7H4FNS2. The lowest BCUT2D eigenvalue weighted by molar-refractivity contribution is 0.641. The van der Waals surface area contributed by atoms with Gasteiger partial charge in [-0.3, -0.25) is 0 Å². The van der Waals surface area contributed by atoms with E-state index in [4.69, 9.17) is 0 Å². The number of hydrogen-bond donors (Lipinski definition) is 1. The molecule has 2 aromatic rings. The van der Waals surface area contributed by atoms with Crippen molar-refractivity contribution in [3.8, 4) is 0 Å². The SMILES string of the molecule is Fc1cccc2nc(S)sc12. The van der Waals surface area contributed by atoms with E-state index < -0.39 is 0 Å². The van der Waals surface area contributed by atoms with Gasteiger partial charge in [-0.2, -0.15) is 0 Å². The van der Waals surface area contributed by atoms with Crippen LogP contribution in [0.1, 0.15) is 0 Å². The summed E-state index contributed by atoms with van der Waals surface area (Å²) in [6, 6.07) is 4.84. The molecule has 56 valence electrons. The number of benzene rings is 1. The van der Waals surface area contributed by atoms with Crippen LogP contribution in [-0.2, 0) is 0 Å². The monoisotopic (exact) mass is 185 g/mol. The maximum absolute atomic E-state index is 12.9. The zero-order valence-electron chi connectivity index (χ0n) is 5.41. The molecule has 0 aliphatic rings. The number of aromatic nitrogens is 1. The predicted molar refractivity (Wildman–Crippen MR) is 46.8 cm³/mol. The molecule has 0 unspecified atom stereocenters. The summed E-state index contributed by atoms with van der Waals surface area (Å²) < 4.78 is 14.1. The molecule has 0 N–H and O–H groups in total. The van der Waals surface area contributed by atoms with Gasteiger partial charge >= 0.3 is 0 Å². The highest BCUT2D eigenvalue weighted by molar-refractivity contribution is 7.82. The third kappa shape index (κ3) is 1.12. The number of fused-ring (bicyclic) bond motifs is 1. The Morgan fingerprint density at radius 3 is 3.00 bits per heavy atom. The van der Waals surface area contributed by atoms with Crippen molar-refractivity contribution in [2.24, 2.45) is 0 Å². The molecule has 11 heavy (non-hydrogen) atoms. The number of rotatable bonds is 0. The van der Waals surface area contributed by atoms with Crippen molar-refractivity contribution < 1.29 is 4.39 Å². The quantitative estimate of drug-likeness (QED) is 0.623. The summed E-state index contributed by atoms with van der Waals surface area (Å²) >= 11 is 5.29. The minimum Gasteiger partial charge on any atom is -0.230 e. The Balaban J connectivity index is 2.90. The molecule has 1 nitrogen and oxygen atoms in total. The van der Waals surface area contributed by atoms with Crippen LogP contribution in [0.5, 0.6) is 0 Å². The standard InChI is InChI=1S/C7H4FNS2/c8-4-2-1-3-5-6(4)11-7(10)9-5/h1-3H,(H,9,10). The Labute approximate surface area is 72.3 Å². The first-order valence-electron chi connectivity index (χ1n) is 3.01.